The van der Waals surface area contributed by atoms with E-state index in [0.717, 1.165) is 55.0 Å². The molecule has 0 unspecified atom stereocenters. The number of rotatable bonds is 6. The van der Waals surface area contributed by atoms with E-state index < -0.39 is 6.10 Å². The van der Waals surface area contributed by atoms with Gasteiger partial charge in [-0.2, -0.15) is 0 Å². The van der Waals surface area contributed by atoms with Gasteiger partial charge in [0.1, 0.15) is 18.5 Å². The largest absolute Gasteiger partial charge is 0.491 e. The Kier molecular flexibility index (Phi) is 5.41. The molecule has 4 aliphatic carbocycles. The molecule has 1 N–H and O–H groups in total. The number of aliphatic hydroxyl groups excluding tert-OH is 1. The first-order valence-corrected chi connectivity index (χ1v) is 12.1. The second kappa shape index (κ2) is 7.89. The summed E-state index contributed by atoms with van der Waals surface area (Å²) in [5.74, 6) is 5.29. The van der Waals surface area contributed by atoms with Gasteiger partial charge in [-0.05, 0) is 97.6 Å². The summed E-state index contributed by atoms with van der Waals surface area (Å²) in [7, 11) is 0. The van der Waals surface area contributed by atoms with Crippen LogP contribution in [0.1, 0.15) is 64.4 Å². The van der Waals surface area contributed by atoms with Crippen LogP contribution in [-0.4, -0.2) is 42.4 Å². The first kappa shape index (κ1) is 19.9. The summed E-state index contributed by atoms with van der Waals surface area (Å²) in [6.07, 6.45) is 9.58. The summed E-state index contributed by atoms with van der Waals surface area (Å²) in [5, 5.41) is 10.5. The first-order valence-electron chi connectivity index (χ1n) is 12.1. The van der Waals surface area contributed by atoms with Crippen LogP contribution in [0.15, 0.2) is 24.3 Å². The molecule has 0 radical (unpaired) electrons. The highest BCUT2D eigenvalue weighted by molar-refractivity contribution is 5.34. The van der Waals surface area contributed by atoms with Gasteiger partial charge in [0.15, 0.2) is 0 Å². The number of hydrogen-bond acceptors (Lipinski definition) is 3. The zero-order valence-electron chi connectivity index (χ0n) is 18.4. The van der Waals surface area contributed by atoms with Crippen LogP contribution in [0.25, 0.3) is 0 Å². The summed E-state index contributed by atoms with van der Waals surface area (Å²) in [4.78, 5) is 2.41. The quantitative estimate of drug-likeness (QED) is 0.743. The van der Waals surface area contributed by atoms with Gasteiger partial charge < -0.3 is 14.7 Å². The highest BCUT2D eigenvalue weighted by Gasteiger charge is 2.51. The van der Waals surface area contributed by atoms with Gasteiger partial charge in [0.2, 0.25) is 0 Å². The predicted octanol–water partition coefficient (Wildman–Crippen LogP) is 4.87. The van der Waals surface area contributed by atoms with Crippen molar-refractivity contribution in [3.05, 3.63) is 29.8 Å². The molecule has 5 aliphatic rings. The van der Waals surface area contributed by atoms with E-state index >= 15 is 0 Å². The van der Waals surface area contributed by atoms with Crippen molar-refractivity contribution < 1.29 is 9.84 Å². The normalized spacial score (nSPS) is 40.2. The molecule has 160 valence electrons. The third-order valence-corrected chi connectivity index (χ3v) is 8.36. The van der Waals surface area contributed by atoms with E-state index in [9.17, 15) is 5.11 Å². The molecule has 4 saturated carbocycles. The Balaban J connectivity index is 1.15. The van der Waals surface area contributed by atoms with Crippen LogP contribution < -0.4 is 4.74 Å². The molecule has 1 aliphatic heterocycles. The molecule has 0 amide bonds. The number of aliphatic hydroxyl groups is 1. The minimum Gasteiger partial charge on any atom is -0.491 e. The van der Waals surface area contributed by atoms with E-state index in [2.05, 4.69) is 43.0 Å². The summed E-state index contributed by atoms with van der Waals surface area (Å²) < 4.78 is 5.96. The Morgan fingerprint density at radius 1 is 0.931 bits per heavy atom. The number of nitrogens with zero attached hydrogens (tertiary/aromatic N) is 1. The van der Waals surface area contributed by atoms with E-state index in [-0.39, 0.29) is 0 Å². The smallest absolute Gasteiger partial charge is 0.119 e. The van der Waals surface area contributed by atoms with Crippen LogP contribution in [0.5, 0.6) is 5.75 Å². The van der Waals surface area contributed by atoms with E-state index in [1.54, 1.807) is 5.56 Å². The van der Waals surface area contributed by atoms with Crippen molar-refractivity contribution in [2.75, 3.05) is 26.2 Å². The Morgan fingerprint density at radius 3 is 2.03 bits per heavy atom. The molecular weight excluding hydrogens is 358 g/mol. The van der Waals surface area contributed by atoms with Crippen molar-refractivity contribution in [3.63, 3.8) is 0 Å². The number of benzene rings is 1. The molecule has 1 saturated heterocycles. The topological polar surface area (TPSA) is 32.7 Å². The van der Waals surface area contributed by atoms with Gasteiger partial charge in [0, 0.05) is 19.6 Å². The molecule has 1 heterocycles. The molecule has 3 atom stereocenters. The van der Waals surface area contributed by atoms with Gasteiger partial charge in [-0.1, -0.05) is 26.0 Å². The molecule has 5 fully saturated rings. The highest BCUT2D eigenvalue weighted by Crippen LogP contribution is 2.60. The fraction of sp³-hybridized carbons (Fsp3) is 0.769. The molecule has 4 bridgehead atoms. The number of ether oxygens (including phenoxy) is 1. The lowest BCUT2D eigenvalue weighted by atomic mass is 9.48. The maximum atomic E-state index is 10.5. The van der Waals surface area contributed by atoms with Crippen molar-refractivity contribution in [2.24, 2.45) is 29.6 Å². The SMILES string of the molecule is C[C@@H]1C[C@H](C)CN(C[C@@H](O)COc2ccc(C34CC5CC(CC(C5)C3)C4)cc2)C1. The molecule has 1 aromatic rings. The Morgan fingerprint density at radius 2 is 1.48 bits per heavy atom. The summed E-state index contributed by atoms with van der Waals surface area (Å²) in [5.41, 5.74) is 2.00. The van der Waals surface area contributed by atoms with Crippen LogP contribution in [-0.2, 0) is 5.41 Å². The summed E-state index contributed by atoms with van der Waals surface area (Å²) >= 11 is 0. The maximum Gasteiger partial charge on any atom is 0.119 e. The van der Waals surface area contributed by atoms with E-state index in [1.807, 2.05) is 0 Å². The Hall–Kier alpha value is -1.06. The Labute approximate surface area is 176 Å². The lowest BCUT2D eigenvalue weighted by Crippen LogP contribution is -2.48. The third kappa shape index (κ3) is 4.23. The standard InChI is InChI=1S/C26H39NO2/c1-18-7-19(2)15-27(14-18)16-24(28)17-29-25-5-3-23(4-6-25)26-11-20-8-21(12-26)10-22(9-20)13-26/h3-6,18-22,24,28H,7-17H2,1-2H3/t18-,19+,20?,21?,22?,24-,26?/m1/s1. The average molecular weight is 398 g/mol. The number of β-amino-alcohol motifs (C(OH)–C–C–N with tert-alkyl or cyclic N) is 1. The van der Waals surface area contributed by atoms with E-state index in [0.29, 0.717) is 12.0 Å². The van der Waals surface area contributed by atoms with Crippen LogP contribution in [0, 0.1) is 29.6 Å². The number of likely N-dealkylation sites (tertiary alicyclic amines) is 1. The third-order valence-electron chi connectivity index (χ3n) is 8.36. The van der Waals surface area contributed by atoms with Crippen LogP contribution >= 0.6 is 0 Å². The highest BCUT2D eigenvalue weighted by atomic mass is 16.5. The Bertz CT molecular complexity index is 654. The van der Waals surface area contributed by atoms with Crippen molar-refractivity contribution in [1.82, 2.24) is 4.90 Å². The molecule has 6 rings (SSSR count). The fourth-order valence-corrected chi connectivity index (χ4v) is 7.85. The van der Waals surface area contributed by atoms with Crippen LogP contribution in [0.4, 0.5) is 0 Å². The molecular formula is C26H39NO2. The van der Waals surface area contributed by atoms with Gasteiger partial charge in [-0.25, -0.2) is 0 Å². The van der Waals surface area contributed by atoms with E-state index in [1.165, 1.54) is 44.9 Å². The van der Waals surface area contributed by atoms with Crippen molar-refractivity contribution in [3.8, 4) is 5.75 Å². The van der Waals surface area contributed by atoms with Crippen LogP contribution in [0.2, 0.25) is 0 Å². The fourth-order valence-electron chi connectivity index (χ4n) is 7.85. The minimum atomic E-state index is -0.421. The number of piperidine rings is 1. The maximum absolute atomic E-state index is 10.5. The van der Waals surface area contributed by atoms with Crippen LogP contribution in [0.3, 0.4) is 0 Å². The zero-order chi connectivity index (χ0) is 20.0. The number of hydrogen-bond donors (Lipinski definition) is 1. The lowest BCUT2D eigenvalue weighted by molar-refractivity contribution is -0.00523. The summed E-state index contributed by atoms with van der Waals surface area (Å²) in [6.45, 7) is 7.94. The first-order chi connectivity index (χ1) is 14.0. The van der Waals surface area contributed by atoms with Crippen molar-refractivity contribution in [2.45, 2.75) is 70.3 Å². The molecule has 3 nitrogen and oxygen atoms in total. The second-order valence-electron chi connectivity index (χ2n) is 11.4. The molecule has 0 spiro atoms. The van der Waals surface area contributed by atoms with Gasteiger partial charge in [0.25, 0.3) is 0 Å². The zero-order valence-corrected chi connectivity index (χ0v) is 18.4. The van der Waals surface area contributed by atoms with Gasteiger partial charge >= 0.3 is 0 Å². The lowest BCUT2D eigenvalue weighted by Gasteiger charge is -2.57. The molecule has 1 aromatic carbocycles. The molecule has 29 heavy (non-hydrogen) atoms. The van der Waals surface area contributed by atoms with Gasteiger partial charge in [0.05, 0.1) is 0 Å². The van der Waals surface area contributed by atoms with Gasteiger partial charge in [-0.15, -0.1) is 0 Å². The van der Waals surface area contributed by atoms with Crippen molar-refractivity contribution in [1.29, 1.82) is 0 Å². The second-order valence-corrected chi connectivity index (χ2v) is 11.4. The molecule has 3 heteroatoms. The van der Waals surface area contributed by atoms with Gasteiger partial charge in [-0.3, -0.25) is 0 Å². The summed E-state index contributed by atoms with van der Waals surface area (Å²) in [6, 6.07) is 8.93. The monoisotopic (exact) mass is 397 g/mol. The predicted molar refractivity (Wildman–Crippen MR) is 117 cm³/mol. The van der Waals surface area contributed by atoms with E-state index in [4.69, 9.17) is 4.74 Å². The molecule has 0 aromatic heterocycles. The van der Waals surface area contributed by atoms with Crippen molar-refractivity contribution >= 4 is 0 Å². The average Bonchev–Trinajstić information content (AvgIpc) is 2.65. The minimum absolute atomic E-state index is 0.385.